The Kier molecular flexibility index (Phi) is 9.81. The van der Waals surface area contributed by atoms with Crippen molar-refractivity contribution in [1.82, 2.24) is 15.1 Å². The smallest absolute Gasteiger partial charge is 0.194 e. The lowest BCUT2D eigenvalue weighted by molar-refractivity contribution is 0.0195. The Bertz CT molecular complexity index is 593. The number of nitrogens with zero attached hydrogens (tertiary/aromatic N) is 3. The summed E-state index contributed by atoms with van der Waals surface area (Å²) in [5.74, 6) is 1.03. The molecule has 1 aromatic carbocycles. The van der Waals surface area contributed by atoms with Crippen molar-refractivity contribution in [2.75, 3.05) is 53.0 Å². The Labute approximate surface area is 180 Å². The van der Waals surface area contributed by atoms with Crippen LogP contribution in [0, 0.1) is 0 Å². The van der Waals surface area contributed by atoms with Gasteiger partial charge in [-0.15, -0.1) is 24.0 Å². The third-order valence-electron chi connectivity index (χ3n) is 5.07. The van der Waals surface area contributed by atoms with E-state index in [0.29, 0.717) is 19.2 Å². The SMILES string of the molecule is CCNC(=NCc1cccc(COC)c1)N1CCC(N2CCOCC2)C1.I. The molecule has 1 atom stereocenters. The van der Waals surface area contributed by atoms with E-state index in [1.807, 2.05) is 0 Å². The number of rotatable bonds is 6. The number of nitrogens with one attached hydrogen (secondary N) is 1. The monoisotopic (exact) mass is 488 g/mol. The van der Waals surface area contributed by atoms with E-state index in [2.05, 4.69) is 46.3 Å². The second-order valence-corrected chi connectivity index (χ2v) is 6.96. The third kappa shape index (κ3) is 6.58. The Morgan fingerprint density at radius 2 is 2.04 bits per heavy atom. The van der Waals surface area contributed by atoms with E-state index in [1.165, 1.54) is 17.5 Å². The zero-order chi connectivity index (χ0) is 18.2. The maximum absolute atomic E-state index is 5.49. The molecule has 2 saturated heterocycles. The molecule has 152 valence electrons. The average Bonchev–Trinajstić information content (AvgIpc) is 3.16. The lowest BCUT2D eigenvalue weighted by Gasteiger charge is -2.32. The van der Waals surface area contributed by atoms with Gasteiger partial charge < -0.3 is 19.7 Å². The summed E-state index contributed by atoms with van der Waals surface area (Å²) >= 11 is 0. The molecule has 1 aromatic rings. The highest BCUT2D eigenvalue weighted by molar-refractivity contribution is 14.0. The van der Waals surface area contributed by atoms with E-state index in [1.54, 1.807) is 7.11 Å². The van der Waals surface area contributed by atoms with Crippen molar-refractivity contribution < 1.29 is 9.47 Å². The van der Waals surface area contributed by atoms with Gasteiger partial charge in [0.25, 0.3) is 0 Å². The molecular formula is C20H33IN4O2. The molecule has 27 heavy (non-hydrogen) atoms. The first kappa shape index (κ1) is 22.4. The van der Waals surface area contributed by atoms with Crippen LogP contribution in [0.4, 0.5) is 0 Å². The highest BCUT2D eigenvalue weighted by Crippen LogP contribution is 2.17. The van der Waals surface area contributed by atoms with E-state index >= 15 is 0 Å². The van der Waals surface area contributed by atoms with Gasteiger partial charge >= 0.3 is 0 Å². The topological polar surface area (TPSA) is 49.3 Å². The third-order valence-corrected chi connectivity index (χ3v) is 5.07. The minimum atomic E-state index is 0. The fourth-order valence-corrected chi connectivity index (χ4v) is 3.75. The fraction of sp³-hybridized carbons (Fsp3) is 0.650. The quantitative estimate of drug-likeness (QED) is 0.379. The van der Waals surface area contributed by atoms with Gasteiger partial charge in [-0.1, -0.05) is 24.3 Å². The highest BCUT2D eigenvalue weighted by Gasteiger charge is 2.30. The molecule has 1 unspecified atom stereocenters. The predicted molar refractivity (Wildman–Crippen MR) is 120 cm³/mol. The molecule has 1 N–H and O–H groups in total. The van der Waals surface area contributed by atoms with Crippen LogP contribution in [0.15, 0.2) is 29.3 Å². The van der Waals surface area contributed by atoms with Gasteiger partial charge in [0.15, 0.2) is 5.96 Å². The van der Waals surface area contributed by atoms with Crippen LogP contribution < -0.4 is 5.32 Å². The number of methoxy groups -OCH3 is 1. The van der Waals surface area contributed by atoms with Gasteiger partial charge in [0.05, 0.1) is 26.4 Å². The van der Waals surface area contributed by atoms with Gasteiger partial charge in [0.2, 0.25) is 0 Å². The van der Waals surface area contributed by atoms with E-state index in [0.717, 1.165) is 51.9 Å². The Morgan fingerprint density at radius 3 is 2.78 bits per heavy atom. The van der Waals surface area contributed by atoms with E-state index in [9.17, 15) is 0 Å². The summed E-state index contributed by atoms with van der Waals surface area (Å²) in [6.07, 6.45) is 1.20. The predicted octanol–water partition coefficient (Wildman–Crippen LogP) is 2.32. The summed E-state index contributed by atoms with van der Waals surface area (Å²) < 4.78 is 10.7. The second-order valence-electron chi connectivity index (χ2n) is 6.96. The molecule has 0 amide bonds. The summed E-state index contributed by atoms with van der Waals surface area (Å²) in [7, 11) is 1.73. The maximum atomic E-state index is 5.49. The van der Waals surface area contributed by atoms with Crippen molar-refractivity contribution in [3.05, 3.63) is 35.4 Å². The lowest BCUT2D eigenvalue weighted by Crippen LogP contribution is -2.46. The average molecular weight is 488 g/mol. The molecular weight excluding hydrogens is 455 g/mol. The molecule has 0 bridgehead atoms. The summed E-state index contributed by atoms with van der Waals surface area (Å²) in [6, 6.07) is 9.10. The summed E-state index contributed by atoms with van der Waals surface area (Å²) in [5, 5.41) is 3.47. The van der Waals surface area contributed by atoms with Crippen molar-refractivity contribution in [2.45, 2.75) is 32.5 Å². The van der Waals surface area contributed by atoms with Crippen molar-refractivity contribution in [3.8, 4) is 0 Å². The van der Waals surface area contributed by atoms with Crippen molar-refractivity contribution in [1.29, 1.82) is 0 Å². The van der Waals surface area contributed by atoms with Gasteiger partial charge in [-0.25, -0.2) is 4.99 Å². The lowest BCUT2D eigenvalue weighted by atomic mass is 10.1. The zero-order valence-corrected chi connectivity index (χ0v) is 18.9. The van der Waals surface area contributed by atoms with Gasteiger partial charge in [-0.05, 0) is 24.5 Å². The van der Waals surface area contributed by atoms with Crippen molar-refractivity contribution in [2.24, 2.45) is 4.99 Å². The molecule has 2 aliphatic rings. The first-order chi connectivity index (χ1) is 12.8. The van der Waals surface area contributed by atoms with Gasteiger partial charge in [0, 0.05) is 45.9 Å². The van der Waals surface area contributed by atoms with Crippen LogP contribution in [0.5, 0.6) is 0 Å². The number of guanidine groups is 1. The number of aliphatic imine (C=N–C) groups is 1. The number of ether oxygens (including phenoxy) is 2. The minimum absolute atomic E-state index is 0. The molecule has 0 radical (unpaired) electrons. The van der Waals surface area contributed by atoms with Crippen LogP contribution in [0.3, 0.4) is 0 Å². The number of hydrogen-bond acceptors (Lipinski definition) is 4. The second kappa shape index (κ2) is 11.8. The zero-order valence-electron chi connectivity index (χ0n) is 16.5. The molecule has 0 saturated carbocycles. The summed E-state index contributed by atoms with van der Waals surface area (Å²) in [5.41, 5.74) is 2.41. The Balaban J connectivity index is 0.00000261. The van der Waals surface area contributed by atoms with Gasteiger partial charge in [-0.2, -0.15) is 0 Å². The standard InChI is InChI=1S/C20H32N4O2.HI/c1-3-21-20(22-14-17-5-4-6-18(13-17)16-25-2)24-8-7-19(15-24)23-9-11-26-12-10-23;/h4-6,13,19H,3,7-12,14-16H2,1-2H3,(H,21,22);1H. The highest BCUT2D eigenvalue weighted by atomic mass is 127. The molecule has 2 aliphatic heterocycles. The first-order valence-corrected chi connectivity index (χ1v) is 9.72. The van der Waals surface area contributed by atoms with Crippen LogP contribution in [-0.4, -0.2) is 74.8 Å². The largest absolute Gasteiger partial charge is 0.380 e. The Morgan fingerprint density at radius 1 is 1.26 bits per heavy atom. The van der Waals surface area contributed by atoms with Crippen LogP contribution in [0.25, 0.3) is 0 Å². The molecule has 0 spiro atoms. The molecule has 0 aliphatic carbocycles. The Hall–Kier alpha value is -0.900. The number of halogens is 1. The van der Waals surface area contributed by atoms with Gasteiger partial charge in [-0.3, -0.25) is 4.90 Å². The molecule has 2 heterocycles. The van der Waals surface area contributed by atoms with Crippen molar-refractivity contribution >= 4 is 29.9 Å². The molecule has 0 aromatic heterocycles. The molecule has 3 rings (SSSR count). The van der Waals surface area contributed by atoms with Crippen LogP contribution in [-0.2, 0) is 22.6 Å². The number of hydrogen-bond donors (Lipinski definition) is 1. The normalized spacial score (nSPS) is 21.2. The fourth-order valence-electron chi connectivity index (χ4n) is 3.75. The van der Waals surface area contributed by atoms with E-state index < -0.39 is 0 Å². The number of morpholine rings is 1. The van der Waals surface area contributed by atoms with E-state index in [-0.39, 0.29) is 24.0 Å². The number of benzene rings is 1. The van der Waals surface area contributed by atoms with E-state index in [4.69, 9.17) is 14.5 Å². The maximum Gasteiger partial charge on any atom is 0.194 e. The number of likely N-dealkylation sites (tertiary alicyclic amines) is 1. The summed E-state index contributed by atoms with van der Waals surface area (Å²) in [4.78, 5) is 9.87. The summed E-state index contributed by atoms with van der Waals surface area (Å²) in [6.45, 7) is 10.3. The molecule has 7 heteroatoms. The first-order valence-electron chi connectivity index (χ1n) is 9.72. The minimum Gasteiger partial charge on any atom is -0.380 e. The molecule has 6 nitrogen and oxygen atoms in total. The van der Waals surface area contributed by atoms with Gasteiger partial charge in [0.1, 0.15) is 0 Å². The van der Waals surface area contributed by atoms with Crippen LogP contribution >= 0.6 is 24.0 Å². The van der Waals surface area contributed by atoms with Crippen LogP contribution in [0.1, 0.15) is 24.5 Å². The molecule has 2 fully saturated rings. The van der Waals surface area contributed by atoms with Crippen molar-refractivity contribution in [3.63, 3.8) is 0 Å². The van der Waals surface area contributed by atoms with Crippen LogP contribution in [0.2, 0.25) is 0 Å².